The number of rotatable bonds is 3. The maximum absolute atomic E-state index is 12.8. The number of anilines is 1. The summed E-state index contributed by atoms with van der Waals surface area (Å²) >= 11 is 0. The summed E-state index contributed by atoms with van der Waals surface area (Å²) < 4.78 is 27.1. The van der Waals surface area contributed by atoms with Crippen LogP contribution in [0.4, 0.5) is 5.82 Å². The molecule has 1 unspecified atom stereocenters. The van der Waals surface area contributed by atoms with Crippen molar-refractivity contribution in [3.63, 3.8) is 0 Å². The quantitative estimate of drug-likeness (QED) is 0.930. The Balaban J connectivity index is 2.01. The number of nitrogens with zero attached hydrogens (tertiary/aromatic N) is 3. The number of hydrogen-bond acceptors (Lipinski definition) is 5. The molecular weight excluding hydrogens is 288 g/mol. The van der Waals surface area contributed by atoms with Crippen LogP contribution in [0.5, 0.6) is 0 Å². The van der Waals surface area contributed by atoms with Crippen molar-refractivity contribution >= 4 is 15.8 Å². The molecule has 0 spiro atoms. The van der Waals surface area contributed by atoms with E-state index in [2.05, 4.69) is 9.97 Å². The van der Waals surface area contributed by atoms with Crippen LogP contribution in [0.25, 0.3) is 0 Å². The Bertz CT molecular complexity index is 734. The van der Waals surface area contributed by atoms with Crippen LogP contribution in [0, 0.1) is 0 Å². The van der Waals surface area contributed by atoms with Gasteiger partial charge in [-0.3, -0.25) is 4.98 Å². The third kappa shape index (κ3) is 2.50. The molecule has 0 bridgehead atoms. The lowest BCUT2D eigenvalue weighted by molar-refractivity contribution is 0.396. The fourth-order valence-corrected chi connectivity index (χ4v) is 4.43. The number of sulfonamides is 1. The summed E-state index contributed by atoms with van der Waals surface area (Å²) in [5.74, 6) is 0.0364. The van der Waals surface area contributed by atoms with E-state index in [4.69, 9.17) is 5.73 Å². The van der Waals surface area contributed by atoms with Gasteiger partial charge in [-0.15, -0.1) is 0 Å². The zero-order chi connectivity index (χ0) is 14.9. The molecule has 3 rings (SSSR count). The van der Waals surface area contributed by atoms with Gasteiger partial charge in [0.15, 0.2) is 0 Å². The lowest BCUT2D eigenvalue weighted by atomic mass is 10.1. The van der Waals surface area contributed by atoms with Gasteiger partial charge in [0.05, 0.1) is 6.04 Å². The highest BCUT2D eigenvalue weighted by Gasteiger charge is 2.37. The van der Waals surface area contributed by atoms with E-state index < -0.39 is 10.0 Å². The van der Waals surface area contributed by atoms with Gasteiger partial charge in [-0.2, -0.15) is 4.31 Å². The molecule has 21 heavy (non-hydrogen) atoms. The van der Waals surface area contributed by atoms with Crippen molar-refractivity contribution in [1.29, 1.82) is 0 Å². The van der Waals surface area contributed by atoms with E-state index in [9.17, 15) is 8.42 Å². The molecule has 2 aromatic heterocycles. The number of pyridine rings is 2. The van der Waals surface area contributed by atoms with Crippen LogP contribution < -0.4 is 5.73 Å². The van der Waals surface area contributed by atoms with Crippen LogP contribution in [0.3, 0.4) is 0 Å². The van der Waals surface area contributed by atoms with E-state index in [1.165, 1.54) is 16.6 Å². The molecule has 0 aromatic carbocycles. The van der Waals surface area contributed by atoms with Crippen molar-refractivity contribution in [2.75, 3.05) is 12.3 Å². The average molecular weight is 304 g/mol. The second kappa shape index (κ2) is 5.42. The summed E-state index contributed by atoms with van der Waals surface area (Å²) in [4.78, 5) is 8.02. The second-order valence-corrected chi connectivity index (χ2v) is 6.81. The number of aromatic nitrogens is 2. The molecule has 0 saturated carbocycles. The summed E-state index contributed by atoms with van der Waals surface area (Å²) in [5, 5.41) is 0. The van der Waals surface area contributed by atoms with E-state index in [-0.39, 0.29) is 16.8 Å². The predicted molar refractivity (Wildman–Crippen MR) is 78.8 cm³/mol. The third-order valence-electron chi connectivity index (χ3n) is 3.66. The van der Waals surface area contributed by atoms with E-state index in [1.54, 1.807) is 18.5 Å². The summed E-state index contributed by atoms with van der Waals surface area (Å²) in [6.07, 6.45) is 6.47. The molecule has 1 aliphatic rings. The van der Waals surface area contributed by atoms with Crippen LogP contribution in [-0.2, 0) is 10.0 Å². The zero-order valence-electron chi connectivity index (χ0n) is 11.4. The Morgan fingerprint density at radius 2 is 2.05 bits per heavy atom. The molecule has 6 nitrogen and oxygen atoms in total. The van der Waals surface area contributed by atoms with Gasteiger partial charge in [-0.1, -0.05) is 6.07 Å². The molecular formula is C14H16N4O2S. The van der Waals surface area contributed by atoms with Gasteiger partial charge in [-0.25, -0.2) is 13.4 Å². The van der Waals surface area contributed by atoms with Crippen molar-refractivity contribution in [2.45, 2.75) is 23.8 Å². The first kappa shape index (κ1) is 14.0. The average Bonchev–Trinajstić information content (AvgIpc) is 2.99. The lowest BCUT2D eigenvalue weighted by Crippen LogP contribution is -2.31. The van der Waals surface area contributed by atoms with E-state index >= 15 is 0 Å². The Morgan fingerprint density at radius 3 is 2.76 bits per heavy atom. The Kier molecular flexibility index (Phi) is 3.60. The first-order valence-corrected chi connectivity index (χ1v) is 8.17. The van der Waals surface area contributed by atoms with Crippen molar-refractivity contribution in [1.82, 2.24) is 14.3 Å². The minimum atomic E-state index is -3.65. The maximum atomic E-state index is 12.8. The summed E-state index contributed by atoms with van der Waals surface area (Å²) in [6.45, 7) is 0.482. The third-order valence-corrected chi connectivity index (χ3v) is 5.61. The summed E-state index contributed by atoms with van der Waals surface area (Å²) in [5.41, 5.74) is 6.63. The Morgan fingerprint density at radius 1 is 1.24 bits per heavy atom. The SMILES string of the molecule is Nc1ncccc1S(=O)(=O)N1CCCC1c1cccnc1. The van der Waals surface area contributed by atoms with Gasteiger partial charge >= 0.3 is 0 Å². The molecule has 1 saturated heterocycles. The largest absolute Gasteiger partial charge is 0.383 e. The van der Waals surface area contributed by atoms with Crippen LogP contribution >= 0.6 is 0 Å². The zero-order valence-corrected chi connectivity index (χ0v) is 12.2. The normalized spacial score (nSPS) is 19.7. The van der Waals surface area contributed by atoms with Gasteiger partial charge in [0.1, 0.15) is 10.7 Å². The number of hydrogen-bond donors (Lipinski definition) is 1. The standard InChI is InChI=1S/C14H16N4O2S/c15-14-13(6-2-8-17-14)21(19,20)18-9-3-5-12(18)11-4-1-7-16-10-11/h1-2,4,6-8,10,12H,3,5,9H2,(H2,15,17). The monoisotopic (exact) mass is 304 g/mol. The van der Waals surface area contributed by atoms with E-state index in [0.717, 1.165) is 18.4 Å². The van der Waals surface area contributed by atoms with Gasteiger partial charge in [0, 0.05) is 25.1 Å². The molecule has 1 aliphatic heterocycles. The minimum Gasteiger partial charge on any atom is -0.383 e. The highest BCUT2D eigenvalue weighted by atomic mass is 32.2. The molecule has 7 heteroatoms. The topological polar surface area (TPSA) is 89.2 Å². The molecule has 2 aromatic rings. The van der Waals surface area contributed by atoms with Crippen molar-refractivity contribution in [3.8, 4) is 0 Å². The van der Waals surface area contributed by atoms with E-state index in [1.807, 2.05) is 12.1 Å². The first-order chi connectivity index (χ1) is 10.1. The van der Waals surface area contributed by atoms with Crippen molar-refractivity contribution < 1.29 is 8.42 Å². The lowest BCUT2D eigenvalue weighted by Gasteiger charge is -2.24. The minimum absolute atomic E-state index is 0.0364. The molecule has 0 amide bonds. The fraction of sp³-hybridized carbons (Fsp3) is 0.286. The van der Waals surface area contributed by atoms with Gasteiger partial charge in [-0.05, 0) is 36.6 Å². The summed E-state index contributed by atoms with van der Waals surface area (Å²) in [6, 6.07) is 6.60. The molecule has 0 radical (unpaired) electrons. The molecule has 110 valence electrons. The molecule has 1 atom stereocenters. The highest BCUT2D eigenvalue weighted by Crippen LogP contribution is 2.36. The van der Waals surface area contributed by atoms with E-state index in [0.29, 0.717) is 6.54 Å². The van der Waals surface area contributed by atoms with Crippen molar-refractivity contribution in [2.24, 2.45) is 0 Å². The smallest absolute Gasteiger partial charge is 0.247 e. The van der Waals surface area contributed by atoms with Crippen molar-refractivity contribution in [3.05, 3.63) is 48.4 Å². The number of nitrogen functional groups attached to an aromatic ring is 1. The maximum Gasteiger partial charge on any atom is 0.247 e. The molecule has 3 heterocycles. The van der Waals surface area contributed by atoms with Gasteiger partial charge in [0.2, 0.25) is 10.0 Å². The van der Waals surface area contributed by atoms with Crippen LogP contribution in [0.1, 0.15) is 24.4 Å². The molecule has 0 aliphatic carbocycles. The first-order valence-electron chi connectivity index (χ1n) is 6.73. The molecule has 1 fully saturated rings. The van der Waals surface area contributed by atoms with Gasteiger partial charge in [0.25, 0.3) is 0 Å². The van der Waals surface area contributed by atoms with Crippen LogP contribution in [0.15, 0.2) is 47.8 Å². The highest BCUT2D eigenvalue weighted by molar-refractivity contribution is 7.89. The molecule has 2 N–H and O–H groups in total. The van der Waals surface area contributed by atoms with Crippen LogP contribution in [0.2, 0.25) is 0 Å². The number of nitrogens with two attached hydrogens (primary N) is 1. The predicted octanol–water partition coefficient (Wildman–Crippen LogP) is 1.58. The van der Waals surface area contributed by atoms with Gasteiger partial charge < -0.3 is 5.73 Å². The fourth-order valence-electron chi connectivity index (χ4n) is 2.68. The Hall–Kier alpha value is -1.99. The Labute approximate surface area is 123 Å². The second-order valence-electron chi connectivity index (χ2n) is 4.95. The summed E-state index contributed by atoms with van der Waals surface area (Å²) in [7, 11) is -3.65. The van der Waals surface area contributed by atoms with Crippen LogP contribution in [-0.4, -0.2) is 29.2 Å².